The lowest BCUT2D eigenvalue weighted by Gasteiger charge is -2.33. The molecule has 0 fully saturated rings. The molecule has 0 aliphatic heterocycles. The summed E-state index contributed by atoms with van der Waals surface area (Å²) in [6.07, 6.45) is 1.96. The monoisotopic (exact) mass is 581 g/mol. The highest BCUT2D eigenvalue weighted by Crippen LogP contribution is 2.19. The normalized spacial score (nSPS) is 12.1. The van der Waals surface area contributed by atoms with Gasteiger partial charge in [-0.3, -0.25) is 9.59 Å². The molecule has 0 aliphatic carbocycles. The topological polar surface area (TPSA) is 105 Å². The van der Waals surface area contributed by atoms with Crippen LogP contribution < -0.4 is 10.1 Å². The molecule has 9 nitrogen and oxygen atoms in total. The van der Waals surface area contributed by atoms with Crippen molar-refractivity contribution in [2.45, 2.75) is 32.0 Å². The Morgan fingerprint density at radius 2 is 1.41 bits per heavy atom. The van der Waals surface area contributed by atoms with E-state index in [0.717, 1.165) is 27.3 Å². The Balaban J connectivity index is 1.96. The highest BCUT2D eigenvalue weighted by molar-refractivity contribution is 7.88. The minimum absolute atomic E-state index is 0.0361. The van der Waals surface area contributed by atoms with Gasteiger partial charge < -0.3 is 19.7 Å². The van der Waals surface area contributed by atoms with E-state index in [-0.39, 0.29) is 25.4 Å². The van der Waals surface area contributed by atoms with Gasteiger partial charge in [-0.25, -0.2) is 8.42 Å². The van der Waals surface area contributed by atoms with Gasteiger partial charge in [0, 0.05) is 39.8 Å². The molecule has 3 aromatic carbocycles. The van der Waals surface area contributed by atoms with Crippen molar-refractivity contribution in [2.75, 3.05) is 40.2 Å². The Labute approximate surface area is 243 Å². The van der Waals surface area contributed by atoms with Crippen LogP contribution in [0.5, 0.6) is 5.75 Å². The third kappa shape index (κ3) is 10.3. The van der Waals surface area contributed by atoms with Gasteiger partial charge in [0.25, 0.3) is 0 Å². The number of hydrogen-bond acceptors (Lipinski definition) is 6. The van der Waals surface area contributed by atoms with Gasteiger partial charge in [0.2, 0.25) is 21.8 Å². The first-order valence-electron chi connectivity index (χ1n) is 13.4. The second-order valence-electron chi connectivity index (χ2n) is 9.73. The van der Waals surface area contributed by atoms with Crippen molar-refractivity contribution in [3.05, 3.63) is 102 Å². The quantitative estimate of drug-likeness (QED) is 0.261. The number of hydrogen-bond donors (Lipinski definition) is 1. The van der Waals surface area contributed by atoms with E-state index >= 15 is 0 Å². The van der Waals surface area contributed by atoms with Crippen LogP contribution in [0.1, 0.15) is 23.1 Å². The predicted molar refractivity (Wildman–Crippen MR) is 159 cm³/mol. The SMILES string of the molecule is COCCCNC(=O)[C@@H](Cc1ccccc1)N(Cc1ccc(OC)cc1)C(=O)CN(Cc1ccccc1)S(C)(=O)=O. The van der Waals surface area contributed by atoms with Gasteiger partial charge in [-0.15, -0.1) is 0 Å². The van der Waals surface area contributed by atoms with E-state index in [1.54, 1.807) is 26.4 Å². The van der Waals surface area contributed by atoms with Crippen LogP contribution in [-0.2, 0) is 43.9 Å². The van der Waals surface area contributed by atoms with E-state index in [1.807, 2.05) is 72.8 Å². The van der Waals surface area contributed by atoms with Crippen molar-refractivity contribution >= 4 is 21.8 Å². The lowest BCUT2D eigenvalue weighted by atomic mass is 10.0. The summed E-state index contributed by atoms with van der Waals surface area (Å²) in [6.45, 7) is 0.599. The minimum atomic E-state index is -3.74. The first-order valence-corrected chi connectivity index (χ1v) is 15.3. The summed E-state index contributed by atoms with van der Waals surface area (Å²) < 4.78 is 37.0. The second kappa shape index (κ2) is 15.9. The smallest absolute Gasteiger partial charge is 0.243 e. The number of benzene rings is 3. The van der Waals surface area contributed by atoms with Crippen LogP contribution in [0.3, 0.4) is 0 Å². The number of amides is 2. The van der Waals surface area contributed by atoms with Crippen LogP contribution in [0.2, 0.25) is 0 Å². The molecule has 1 N–H and O–H groups in total. The molecule has 0 unspecified atom stereocenters. The largest absolute Gasteiger partial charge is 0.497 e. The minimum Gasteiger partial charge on any atom is -0.497 e. The van der Waals surface area contributed by atoms with Gasteiger partial charge in [-0.2, -0.15) is 4.31 Å². The fourth-order valence-electron chi connectivity index (χ4n) is 4.35. The van der Waals surface area contributed by atoms with Crippen LogP contribution in [0.4, 0.5) is 0 Å². The summed E-state index contributed by atoms with van der Waals surface area (Å²) in [5.41, 5.74) is 2.41. The number of sulfonamides is 1. The Morgan fingerprint density at radius 1 is 0.829 bits per heavy atom. The second-order valence-corrected chi connectivity index (χ2v) is 11.7. The first kappa shape index (κ1) is 31.8. The fraction of sp³-hybridized carbons (Fsp3) is 0.355. The van der Waals surface area contributed by atoms with Gasteiger partial charge in [0.05, 0.1) is 19.9 Å². The summed E-state index contributed by atoms with van der Waals surface area (Å²) in [4.78, 5) is 29.1. The van der Waals surface area contributed by atoms with Crippen LogP contribution >= 0.6 is 0 Å². The zero-order valence-electron chi connectivity index (χ0n) is 23.9. The molecule has 0 spiro atoms. The molecule has 41 heavy (non-hydrogen) atoms. The summed E-state index contributed by atoms with van der Waals surface area (Å²) in [6, 6.07) is 24.9. The standard InChI is InChI=1S/C31H39N3O6S/c1-39-20-10-19-32-31(36)29(21-25-11-6-4-7-12-25)34(23-27-15-17-28(40-2)18-16-27)30(35)24-33(41(3,37)38)22-26-13-8-5-9-14-26/h4-9,11-18,29H,10,19-24H2,1-3H3,(H,32,36)/t29-/m1/s1. The summed E-state index contributed by atoms with van der Waals surface area (Å²) >= 11 is 0. The van der Waals surface area contributed by atoms with Crippen LogP contribution in [0, 0.1) is 0 Å². The first-order chi connectivity index (χ1) is 19.7. The highest BCUT2D eigenvalue weighted by atomic mass is 32.2. The number of carbonyl (C=O) groups is 2. The highest BCUT2D eigenvalue weighted by Gasteiger charge is 2.32. The van der Waals surface area contributed by atoms with Gasteiger partial charge in [0.15, 0.2) is 0 Å². The maximum atomic E-state index is 14.0. The molecule has 1 atom stereocenters. The van der Waals surface area contributed by atoms with Crippen molar-refractivity contribution in [2.24, 2.45) is 0 Å². The molecule has 0 bridgehead atoms. The zero-order chi connectivity index (χ0) is 29.7. The maximum absolute atomic E-state index is 14.0. The Hall–Kier alpha value is -3.73. The molecule has 0 aliphatic rings. The molecule has 0 heterocycles. The molecule has 0 radical (unpaired) electrons. The molecule has 3 rings (SSSR count). The van der Waals surface area contributed by atoms with Crippen molar-refractivity contribution in [1.82, 2.24) is 14.5 Å². The maximum Gasteiger partial charge on any atom is 0.243 e. The summed E-state index contributed by atoms with van der Waals surface area (Å²) in [5.74, 6) is -0.134. The van der Waals surface area contributed by atoms with Crippen molar-refractivity contribution in [1.29, 1.82) is 0 Å². The average Bonchev–Trinajstić information content (AvgIpc) is 2.97. The van der Waals surface area contributed by atoms with Crippen molar-refractivity contribution < 1.29 is 27.5 Å². The molecule has 2 amide bonds. The van der Waals surface area contributed by atoms with E-state index in [2.05, 4.69) is 5.32 Å². The van der Waals surface area contributed by atoms with Gasteiger partial charge in [0.1, 0.15) is 11.8 Å². The number of ether oxygens (including phenoxy) is 2. The van der Waals surface area contributed by atoms with Gasteiger partial charge in [-0.05, 0) is 35.2 Å². The number of carbonyl (C=O) groups excluding carboxylic acids is 2. The molecular formula is C31H39N3O6S. The average molecular weight is 582 g/mol. The molecular weight excluding hydrogens is 542 g/mol. The molecule has 0 aromatic heterocycles. The third-order valence-electron chi connectivity index (χ3n) is 6.59. The third-order valence-corrected chi connectivity index (χ3v) is 7.79. The molecule has 3 aromatic rings. The van der Waals surface area contributed by atoms with E-state index < -0.39 is 28.5 Å². The lowest BCUT2D eigenvalue weighted by Crippen LogP contribution is -2.53. The zero-order valence-corrected chi connectivity index (χ0v) is 24.7. The summed E-state index contributed by atoms with van der Waals surface area (Å²) in [7, 11) is -0.578. The fourth-order valence-corrected chi connectivity index (χ4v) is 5.08. The molecule has 220 valence electrons. The Kier molecular flexibility index (Phi) is 12.3. The van der Waals surface area contributed by atoms with Crippen molar-refractivity contribution in [3.63, 3.8) is 0 Å². The van der Waals surface area contributed by atoms with Gasteiger partial charge >= 0.3 is 0 Å². The molecule has 10 heteroatoms. The number of rotatable bonds is 16. The number of nitrogens with one attached hydrogen (secondary N) is 1. The van der Waals surface area contributed by atoms with E-state index in [4.69, 9.17) is 9.47 Å². The van der Waals surface area contributed by atoms with E-state index in [9.17, 15) is 18.0 Å². The van der Waals surface area contributed by atoms with Crippen LogP contribution in [0.15, 0.2) is 84.9 Å². The van der Waals surface area contributed by atoms with Gasteiger partial charge in [-0.1, -0.05) is 72.8 Å². The van der Waals surface area contributed by atoms with Crippen LogP contribution in [-0.4, -0.2) is 75.7 Å². The predicted octanol–water partition coefficient (Wildman–Crippen LogP) is 3.25. The lowest BCUT2D eigenvalue weighted by molar-refractivity contribution is -0.141. The number of nitrogens with zero attached hydrogens (tertiary/aromatic N) is 2. The summed E-state index contributed by atoms with van der Waals surface area (Å²) in [5, 5.41) is 2.94. The van der Waals surface area contributed by atoms with Crippen LogP contribution in [0.25, 0.3) is 0 Å². The van der Waals surface area contributed by atoms with Crippen molar-refractivity contribution in [3.8, 4) is 5.75 Å². The number of methoxy groups -OCH3 is 2. The molecule has 0 saturated heterocycles. The molecule has 0 saturated carbocycles. The Bertz CT molecular complexity index is 1340. The Morgan fingerprint density at radius 3 is 1.98 bits per heavy atom. The van der Waals surface area contributed by atoms with E-state index in [1.165, 1.54) is 4.90 Å². The van der Waals surface area contributed by atoms with E-state index in [0.29, 0.717) is 25.3 Å².